The summed E-state index contributed by atoms with van der Waals surface area (Å²) >= 11 is 0. The van der Waals surface area contributed by atoms with E-state index < -0.39 is 0 Å². The van der Waals surface area contributed by atoms with Gasteiger partial charge in [0, 0.05) is 6.08 Å². The van der Waals surface area contributed by atoms with Crippen LogP contribution in [0.4, 0.5) is 0 Å². The Bertz CT molecular complexity index is 136. The molecule has 52 valence electrons. The maximum atomic E-state index is 10.3. The predicted molar refractivity (Wildman–Crippen MR) is 37.8 cm³/mol. The lowest BCUT2D eigenvalue weighted by Crippen LogP contribution is -2.07. The van der Waals surface area contributed by atoms with Crippen LogP contribution in [-0.4, -0.2) is 5.91 Å². The van der Waals surface area contributed by atoms with E-state index in [2.05, 4.69) is 0 Å². The molecule has 0 aromatic rings. The SMILES string of the molecule is C/C(=C\C(N)=O)C(C)C. The van der Waals surface area contributed by atoms with Gasteiger partial charge < -0.3 is 5.73 Å². The van der Waals surface area contributed by atoms with Crippen LogP contribution in [0.1, 0.15) is 20.8 Å². The maximum Gasteiger partial charge on any atom is 0.241 e. The first-order valence-electron chi connectivity index (χ1n) is 3.01. The highest BCUT2D eigenvalue weighted by Crippen LogP contribution is 2.05. The van der Waals surface area contributed by atoms with Crippen LogP contribution in [-0.2, 0) is 4.79 Å². The van der Waals surface area contributed by atoms with Crippen LogP contribution in [0, 0.1) is 5.92 Å². The van der Waals surface area contributed by atoms with Crippen molar-refractivity contribution < 1.29 is 4.79 Å². The number of hydrogen-bond acceptors (Lipinski definition) is 1. The Hall–Kier alpha value is -0.790. The highest BCUT2D eigenvalue weighted by molar-refractivity contribution is 5.86. The number of allylic oxidation sites excluding steroid dienone is 1. The zero-order chi connectivity index (χ0) is 7.44. The molecule has 0 rings (SSSR count). The van der Waals surface area contributed by atoms with Crippen molar-refractivity contribution in [3.8, 4) is 0 Å². The highest BCUT2D eigenvalue weighted by Gasteiger charge is 1.96. The molecule has 0 aliphatic carbocycles. The quantitative estimate of drug-likeness (QED) is 0.554. The second kappa shape index (κ2) is 3.28. The van der Waals surface area contributed by atoms with E-state index in [0.717, 1.165) is 5.57 Å². The number of carbonyl (C=O) groups is 1. The van der Waals surface area contributed by atoms with E-state index in [1.54, 1.807) is 0 Å². The largest absolute Gasteiger partial charge is 0.366 e. The topological polar surface area (TPSA) is 43.1 Å². The summed E-state index contributed by atoms with van der Waals surface area (Å²) in [6, 6.07) is 0. The Morgan fingerprint density at radius 3 is 2.11 bits per heavy atom. The van der Waals surface area contributed by atoms with Crippen molar-refractivity contribution in [2.75, 3.05) is 0 Å². The van der Waals surface area contributed by atoms with Crippen molar-refractivity contribution in [3.63, 3.8) is 0 Å². The van der Waals surface area contributed by atoms with Gasteiger partial charge in [-0.3, -0.25) is 4.79 Å². The Kier molecular flexibility index (Phi) is 2.99. The molecule has 0 aromatic carbocycles. The first-order chi connectivity index (χ1) is 4.04. The van der Waals surface area contributed by atoms with E-state index >= 15 is 0 Å². The van der Waals surface area contributed by atoms with Gasteiger partial charge >= 0.3 is 0 Å². The molecule has 2 heteroatoms. The van der Waals surface area contributed by atoms with Gasteiger partial charge in [0.15, 0.2) is 0 Å². The molecule has 0 spiro atoms. The van der Waals surface area contributed by atoms with Gasteiger partial charge in [-0.05, 0) is 12.8 Å². The molecule has 0 aliphatic rings. The van der Waals surface area contributed by atoms with Crippen molar-refractivity contribution in [3.05, 3.63) is 11.6 Å². The minimum absolute atomic E-state index is 0.360. The summed E-state index contributed by atoms with van der Waals surface area (Å²) in [5.41, 5.74) is 5.95. The van der Waals surface area contributed by atoms with Gasteiger partial charge in [0.05, 0.1) is 0 Å². The molecule has 1 amide bonds. The Labute approximate surface area is 55.7 Å². The zero-order valence-corrected chi connectivity index (χ0v) is 6.14. The molecule has 0 unspecified atom stereocenters. The van der Waals surface area contributed by atoms with Crippen LogP contribution in [0.15, 0.2) is 11.6 Å². The number of carbonyl (C=O) groups excluding carboxylic acids is 1. The molecule has 0 heterocycles. The van der Waals surface area contributed by atoms with Crippen LogP contribution in [0.5, 0.6) is 0 Å². The number of primary amides is 1. The summed E-state index contributed by atoms with van der Waals surface area (Å²) in [4.78, 5) is 10.3. The maximum absolute atomic E-state index is 10.3. The number of nitrogens with two attached hydrogens (primary N) is 1. The van der Waals surface area contributed by atoms with Gasteiger partial charge in [0.1, 0.15) is 0 Å². The third kappa shape index (κ3) is 3.76. The van der Waals surface area contributed by atoms with Crippen molar-refractivity contribution in [2.24, 2.45) is 11.7 Å². The average molecular weight is 127 g/mol. The Morgan fingerprint density at radius 1 is 1.56 bits per heavy atom. The van der Waals surface area contributed by atoms with Gasteiger partial charge in [-0.15, -0.1) is 0 Å². The fraction of sp³-hybridized carbons (Fsp3) is 0.571. The summed E-state index contributed by atoms with van der Waals surface area (Å²) < 4.78 is 0. The predicted octanol–water partition coefficient (Wildman–Crippen LogP) is 1.07. The smallest absolute Gasteiger partial charge is 0.241 e. The van der Waals surface area contributed by atoms with E-state index in [0.29, 0.717) is 5.92 Å². The van der Waals surface area contributed by atoms with Crippen molar-refractivity contribution in [1.82, 2.24) is 0 Å². The van der Waals surface area contributed by atoms with Gasteiger partial charge in [0.25, 0.3) is 0 Å². The summed E-state index contributed by atoms with van der Waals surface area (Å²) in [5, 5.41) is 0. The molecule has 0 aromatic heterocycles. The first-order valence-corrected chi connectivity index (χ1v) is 3.01. The van der Waals surface area contributed by atoms with Gasteiger partial charge in [-0.25, -0.2) is 0 Å². The molecule has 2 nitrogen and oxygen atoms in total. The van der Waals surface area contributed by atoms with Crippen molar-refractivity contribution in [1.29, 1.82) is 0 Å². The molecule has 0 bridgehead atoms. The minimum atomic E-state index is -0.360. The minimum Gasteiger partial charge on any atom is -0.366 e. The van der Waals surface area contributed by atoms with E-state index in [4.69, 9.17) is 5.73 Å². The second-order valence-electron chi connectivity index (χ2n) is 2.45. The monoisotopic (exact) mass is 127 g/mol. The molecule has 0 atom stereocenters. The molecular formula is C7H13NO. The van der Waals surface area contributed by atoms with Crippen LogP contribution in [0.25, 0.3) is 0 Å². The average Bonchev–Trinajstić information content (AvgIpc) is 1.63. The molecule has 2 N–H and O–H groups in total. The lowest BCUT2D eigenvalue weighted by molar-refractivity contribution is -0.113. The molecule has 0 radical (unpaired) electrons. The summed E-state index contributed by atoms with van der Waals surface area (Å²) in [7, 11) is 0. The summed E-state index contributed by atoms with van der Waals surface area (Å²) in [6.45, 7) is 5.94. The lowest BCUT2D eigenvalue weighted by Gasteiger charge is -2.01. The third-order valence-corrected chi connectivity index (χ3v) is 1.28. The van der Waals surface area contributed by atoms with Crippen LogP contribution in [0.3, 0.4) is 0 Å². The molecule has 0 aliphatic heterocycles. The van der Waals surface area contributed by atoms with E-state index in [-0.39, 0.29) is 5.91 Å². The standard InChI is InChI=1S/C7H13NO/c1-5(2)6(3)4-7(8)9/h4-5H,1-3H3,(H2,8,9)/b6-4+. The van der Waals surface area contributed by atoms with Crippen molar-refractivity contribution in [2.45, 2.75) is 20.8 Å². The normalized spacial score (nSPS) is 12.2. The van der Waals surface area contributed by atoms with Gasteiger partial charge in [0.2, 0.25) is 5.91 Å². The zero-order valence-electron chi connectivity index (χ0n) is 6.14. The second-order valence-corrected chi connectivity index (χ2v) is 2.45. The highest BCUT2D eigenvalue weighted by atomic mass is 16.1. The summed E-state index contributed by atoms with van der Waals surface area (Å²) in [6.07, 6.45) is 1.46. The van der Waals surface area contributed by atoms with E-state index in [1.807, 2.05) is 20.8 Å². The van der Waals surface area contributed by atoms with E-state index in [1.165, 1.54) is 6.08 Å². The number of rotatable bonds is 2. The Morgan fingerprint density at radius 2 is 2.00 bits per heavy atom. The third-order valence-electron chi connectivity index (χ3n) is 1.28. The van der Waals surface area contributed by atoms with Crippen LogP contribution in [0.2, 0.25) is 0 Å². The van der Waals surface area contributed by atoms with Gasteiger partial charge in [-0.2, -0.15) is 0 Å². The number of amides is 1. The molecule has 9 heavy (non-hydrogen) atoms. The first kappa shape index (κ1) is 8.21. The molecular weight excluding hydrogens is 114 g/mol. The molecule has 0 fully saturated rings. The Balaban J connectivity index is 4.00. The fourth-order valence-corrected chi connectivity index (χ4v) is 0.391. The van der Waals surface area contributed by atoms with E-state index in [9.17, 15) is 4.79 Å². The summed E-state index contributed by atoms with van der Waals surface area (Å²) in [5.74, 6) is 0.0544. The number of hydrogen-bond donors (Lipinski definition) is 1. The van der Waals surface area contributed by atoms with Crippen LogP contribution >= 0.6 is 0 Å². The fourth-order valence-electron chi connectivity index (χ4n) is 0.391. The van der Waals surface area contributed by atoms with Crippen molar-refractivity contribution >= 4 is 5.91 Å². The van der Waals surface area contributed by atoms with Gasteiger partial charge in [-0.1, -0.05) is 19.4 Å². The van der Waals surface area contributed by atoms with Crippen LogP contribution < -0.4 is 5.73 Å². The molecule has 0 saturated heterocycles. The lowest BCUT2D eigenvalue weighted by atomic mass is 10.1. The molecule has 0 saturated carbocycles.